The van der Waals surface area contributed by atoms with E-state index >= 15 is 0 Å². The zero-order valence-electron chi connectivity index (χ0n) is 19.5. The first-order chi connectivity index (χ1) is 17.0. The van der Waals surface area contributed by atoms with Crippen LogP contribution < -0.4 is 19.8 Å². The molecule has 35 heavy (non-hydrogen) atoms. The molecule has 0 saturated carbocycles. The summed E-state index contributed by atoms with van der Waals surface area (Å²) < 4.78 is 12.2. The first-order valence-electron chi connectivity index (χ1n) is 11.3. The molecule has 1 aromatic heterocycles. The van der Waals surface area contributed by atoms with E-state index in [1.807, 2.05) is 24.3 Å². The minimum absolute atomic E-state index is 0.208. The fourth-order valence-electron chi connectivity index (χ4n) is 4.59. The third kappa shape index (κ3) is 3.91. The number of carbonyl (C=O) groups is 1. The summed E-state index contributed by atoms with van der Waals surface area (Å²) in [5.74, 6) is 1.32. The van der Waals surface area contributed by atoms with Crippen molar-refractivity contribution in [2.24, 2.45) is 0 Å². The van der Waals surface area contributed by atoms with Crippen LogP contribution in [0.5, 0.6) is 11.5 Å². The molecule has 1 aliphatic heterocycles. The fraction of sp³-hybridized carbons (Fsp3) is 0.222. The fourth-order valence-corrected chi connectivity index (χ4v) is 4.59. The molecule has 0 bridgehead atoms. The smallest absolute Gasteiger partial charge is 0.329 e. The van der Waals surface area contributed by atoms with Crippen LogP contribution >= 0.6 is 0 Å². The third-order valence-corrected chi connectivity index (χ3v) is 6.46. The first-order valence-corrected chi connectivity index (χ1v) is 11.3. The molecule has 1 aliphatic rings. The Balaban J connectivity index is 1.54. The molecular formula is C27H24N4O4. The number of carbonyl (C=O) groups excluding carboxylic acids is 1. The van der Waals surface area contributed by atoms with Crippen LogP contribution in [-0.4, -0.2) is 55.9 Å². The van der Waals surface area contributed by atoms with Crippen molar-refractivity contribution >= 4 is 33.5 Å². The average molecular weight is 469 g/mol. The molecule has 8 nitrogen and oxygen atoms in total. The zero-order chi connectivity index (χ0) is 24.5. The zero-order valence-corrected chi connectivity index (χ0v) is 19.5. The number of hydrogen-bond donors (Lipinski definition) is 0. The Bertz CT molecular complexity index is 1550. The van der Waals surface area contributed by atoms with Crippen molar-refractivity contribution in [3.8, 4) is 17.6 Å². The Kier molecular flexibility index (Phi) is 5.75. The number of ether oxygens (including phenoxy) is 2. The van der Waals surface area contributed by atoms with Crippen molar-refractivity contribution in [3.05, 3.63) is 76.5 Å². The Hall–Kier alpha value is -4.51. The number of piperazine rings is 1. The minimum Gasteiger partial charge on any atom is -0.497 e. The van der Waals surface area contributed by atoms with Crippen LogP contribution in [0.3, 0.4) is 0 Å². The Morgan fingerprint density at radius 1 is 0.857 bits per heavy atom. The van der Waals surface area contributed by atoms with Gasteiger partial charge in [-0.15, -0.1) is 0 Å². The average Bonchev–Trinajstić information content (AvgIpc) is 2.92. The van der Waals surface area contributed by atoms with Gasteiger partial charge in [-0.1, -0.05) is 6.07 Å². The van der Waals surface area contributed by atoms with Gasteiger partial charge in [0.05, 0.1) is 42.3 Å². The highest BCUT2D eigenvalue weighted by atomic mass is 16.5. The predicted molar refractivity (Wildman–Crippen MR) is 135 cm³/mol. The van der Waals surface area contributed by atoms with Gasteiger partial charge in [-0.2, -0.15) is 5.26 Å². The van der Waals surface area contributed by atoms with E-state index in [0.29, 0.717) is 59.3 Å². The molecule has 8 heteroatoms. The highest BCUT2D eigenvalue weighted by Crippen LogP contribution is 2.26. The summed E-state index contributed by atoms with van der Waals surface area (Å²) in [5.41, 5.74) is 2.16. The van der Waals surface area contributed by atoms with E-state index in [-0.39, 0.29) is 11.5 Å². The quantitative estimate of drug-likeness (QED) is 0.425. The summed E-state index contributed by atoms with van der Waals surface area (Å²) in [4.78, 5) is 31.2. The van der Waals surface area contributed by atoms with Crippen LogP contribution in [0.4, 0.5) is 10.5 Å². The maximum absolute atomic E-state index is 13.8. The van der Waals surface area contributed by atoms with Crippen LogP contribution in [0.1, 0.15) is 5.56 Å². The molecule has 0 unspecified atom stereocenters. The maximum atomic E-state index is 13.8. The van der Waals surface area contributed by atoms with Gasteiger partial charge in [-0.3, -0.25) is 9.36 Å². The van der Waals surface area contributed by atoms with Crippen molar-refractivity contribution in [1.29, 1.82) is 5.26 Å². The molecule has 0 N–H and O–H groups in total. The molecule has 2 heterocycles. The minimum atomic E-state index is -0.238. The van der Waals surface area contributed by atoms with Gasteiger partial charge >= 0.3 is 6.03 Å². The molecule has 0 spiro atoms. The lowest BCUT2D eigenvalue weighted by atomic mass is 10.1. The van der Waals surface area contributed by atoms with Gasteiger partial charge in [0, 0.05) is 43.3 Å². The van der Waals surface area contributed by atoms with Crippen molar-refractivity contribution in [2.75, 3.05) is 45.3 Å². The van der Waals surface area contributed by atoms with E-state index in [1.54, 1.807) is 53.0 Å². The molecule has 3 aromatic carbocycles. The van der Waals surface area contributed by atoms with E-state index in [9.17, 15) is 14.9 Å². The molecule has 1 saturated heterocycles. The largest absolute Gasteiger partial charge is 0.497 e. The monoisotopic (exact) mass is 468 g/mol. The normalized spacial score (nSPS) is 13.6. The number of pyridine rings is 1. The van der Waals surface area contributed by atoms with Gasteiger partial charge in [0.15, 0.2) is 5.43 Å². The van der Waals surface area contributed by atoms with Crippen molar-refractivity contribution in [3.63, 3.8) is 0 Å². The number of methoxy groups -OCH3 is 2. The molecule has 1 fully saturated rings. The third-order valence-electron chi connectivity index (χ3n) is 6.46. The highest BCUT2D eigenvalue weighted by Gasteiger charge is 2.25. The van der Waals surface area contributed by atoms with Gasteiger partial charge in [-0.25, -0.2) is 4.79 Å². The number of nitriles is 1. The molecule has 0 aliphatic carbocycles. The van der Waals surface area contributed by atoms with Gasteiger partial charge < -0.3 is 19.3 Å². The van der Waals surface area contributed by atoms with Crippen molar-refractivity contribution in [1.82, 2.24) is 9.47 Å². The van der Waals surface area contributed by atoms with Crippen molar-refractivity contribution < 1.29 is 14.3 Å². The number of benzene rings is 3. The lowest BCUT2D eigenvalue weighted by Crippen LogP contribution is -2.50. The molecule has 0 radical (unpaired) electrons. The van der Waals surface area contributed by atoms with Crippen LogP contribution in [0.15, 0.2) is 65.5 Å². The van der Waals surface area contributed by atoms with Crippen molar-refractivity contribution in [2.45, 2.75) is 0 Å². The Morgan fingerprint density at radius 3 is 2.20 bits per heavy atom. The van der Waals surface area contributed by atoms with Gasteiger partial charge in [0.1, 0.15) is 11.5 Å². The maximum Gasteiger partial charge on any atom is 0.329 e. The number of nitrogens with zero attached hydrogens (tertiary/aromatic N) is 4. The van der Waals surface area contributed by atoms with E-state index in [1.165, 1.54) is 7.11 Å². The molecule has 0 atom stereocenters. The summed E-state index contributed by atoms with van der Waals surface area (Å²) in [6.45, 7) is 2.39. The SMILES string of the molecule is COc1cccc(N2CCN(C(=O)n3c4ccc(C#N)cc4c(=O)c4cc(OC)ccc43)CC2)c1. The molecule has 4 aromatic rings. The number of fused-ring (bicyclic) bond motifs is 2. The summed E-state index contributed by atoms with van der Waals surface area (Å²) in [6, 6.07) is 19.7. The molecule has 5 rings (SSSR count). The first kappa shape index (κ1) is 22.3. The highest BCUT2D eigenvalue weighted by molar-refractivity contribution is 6.02. The summed E-state index contributed by atoms with van der Waals surface area (Å²) >= 11 is 0. The van der Waals surface area contributed by atoms with Crippen LogP contribution in [-0.2, 0) is 0 Å². The van der Waals surface area contributed by atoms with Gasteiger partial charge in [0.2, 0.25) is 0 Å². The second-order valence-electron chi connectivity index (χ2n) is 8.35. The number of aromatic nitrogens is 1. The van der Waals surface area contributed by atoms with Crippen LogP contribution in [0, 0.1) is 11.3 Å². The van der Waals surface area contributed by atoms with E-state index < -0.39 is 0 Å². The Morgan fingerprint density at radius 2 is 1.51 bits per heavy atom. The standard InChI is InChI=1S/C27H24N4O4/c1-34-20-5-3-4-19(15-20)29-10-12-30(13-11-29)27(33)31-24-8-6-18(17-28)14-22(24)26(32)23-16-21(35-2)7-9-25(23)31/h3-9,14-16H,10-13H2,1-2H3. The second-order valence-corrected chi connectivity index (χ2v) is 8.35. The summed E-state index contributed by atoms with van der Waals surface area (Å²) in [7, 11) is 3.17. The van der Waals surface area contributed by atoms with Gasteiger partial charge in [-0.05, 0) is 48.5 Å². The number of rotatable bonds is 3. The summed E-state index contributed by atoms with van der Waals surface area (Å²) in [6.07, 6.45) is 0. The van der Waals surface area contributed by atoms with E-state index in [0.717, 1.165) is 11.4 Å². The lowest BCUT2D eigenvalue weighted by Gasteiger charge is -2.36. The van der Waals surface area contributed by atoms with Crippen LogP contribution in [0.25, 0.3) is 21.8 Å². The summed E-state index contributed by atoms with van der Waals surface area (Å²) in [5, 5.41) is 10.0. The number of amides is 1. The topological polar surface area (TPSA) is 87.8 Å². The molecule has 1 amide bonds. The molecular weight excluding hydrogens is 444 g/mol. The predicted octanol–water partition coefficient (Wildman–Crippen LogP) is 3.83. The van der Waals surface area contributed by atoms with E-state index in [4.69, 9.17) is 9.47 Å². The number of anilines is 1. The second kappa shape index (κ2) is 9.03. The molecule has 176 valence electrons. The van der Waals surface area contributed by atoms with Crippen LogP contribution in [0.2, 0.25) is 0 Å². The number of hydrogen-bond acceptors (Lipinski definition) is 6. The van der Waals surface area contributed by atoms with Gasteiger partial charge in [0.25, 0.3) is 0 Å². The lowest BCUT2D eigenvalue weighted by molar-refractivity contribution is 0.198. The van der Waals surface area contributed by atoms with E-state index in [2.05, 4.69) is 11.0 Å². The Labute approximate surface area is 202 Å².